The van der Waals surface area contributed by atoms with Gasteiger partial charge in [-0.3, -0.25) is 4.68 Å². The summed E-state index contributed by atoms with van der Waals surface area (Å²) in [5, 5.41) is 13.0. The van der Waals surface area contributed by atoms with Crippen LogP contribution in [0.1, 0.15) is 21.9 Å². The number of carbonyl (C=O) groups is 1. The minimum atomic E-state index is -1.06. The maximum atomic E-state index is 10.7. The van der Waals surface area contributed by atoms with Gasteiger partial charge in [-0.1, -0.05) is 0 Å². The molecule has 5 heteroatoms. The number of aromatic nitrogens is 2. The van der Waals surface area contributed by atoms with Crippen LogP contribution in [-0.2, 0) is 7.05 Å². The van der Waals surface area contributed by atoms with Crippen LogP contribution in [0.25, 0.3) is 11.3 Å². The third-order valence-corrected chi connectivity index (χ3v) is 2.57. The van der Waals surface area contributed by atoms with Crippen molar-refractivity contribution >= 4 is 5.97 Å². The van der Waals surface area contributed by atoms with Crippen LogP contribution >= 0.6 is 0 Å². The lowest BCUT2D eigenvalue weighted by Gasteiger charge is -1.97. The first-order chi connectivity index (χ1) is 7.50. The second-order valence-corrected chi connectivity index (χ2v) is 3.64. The van der Waals surface area contributed by atoms with E-state index in [1.165, 1.54) is 6.07 Å². The molecule has 5 nitrogen and oxygen atoms in total. The van der Waals surface area contributed by atoms with Gasteiger partial charge in [0.1, 0.15) is 5.76 Å². The van der Waals surface area contributed by atoms with Gasteiger partial charge in [0.25, 0.3) is 0 Å². The van der Waals surface area contributed by atoms with E-state index in [4.69, 9.17) is 9.52 Å². The van der Waals surface area contributed by atoms with Gasteiger partial charge in [0.15, 0.2) is 0 Å². The first-order valence-corrected chi connectivity index (χ1v) is 4.84. The summed E-state index contributed by atoms with van der Waals surface area (Å²) in [4.78, 5) is 10.7. The quantitative estimate of drug-likeness (QED) is 0.840. The lowest BCUT2D eigenvalue weighted by Crippen LogP contribution is -1.92. The molecule has 2 aromatic heterocycles. The molecule has 0 atom stereocenters. The lowest BCUT2D eigenvalue weighted by molar-refractivity contribution is 0.0663. The second kappa shape index (κ2) is 3.52. The fourth-order valence-electron chi connectivity index (χ4n) is 1.72. The molecular weight excluding hydrogens is 208 g/mol. The Morgan fingerprint density at radius 3 is 2.56 bits per heavy atom. The van der Waals surface area contributed by atoms with Crippen LogP contribution in [0.5, 0.6) is 0 Å². The maximum Gasteiger partial charge on any atom is 0.371 e. The highest BCUT2D eigenvalue weighted by Crippen LogP contribution is 2.28. The average molecular weight is 220 g/mol. The van der Waals surface area contributed by atoms with Crippen molar-refractivity contribution in [1.29, 1.82) is 0 Å². The van der Waals surface area contributed by atoms with Gasteiger partial charge >= 0.3 is 5.97 Å². The minimum Gasteiger partial charge on any atom is -0.475 e. The van der Waals surface area contributed by atoms with Gasteiger partial charge < -0.3 is 9.52 Å². The van der Waals surface area contributed by atoms with Gasteiger partial charge in [-0.05, 0) is 26.0 Å². The molecule has 16 heavy (non-hydrogen) atoms. The van der Waals surface area contributed by atoms with Gasteiger partial charge in [-0.2, -0.15) is 5.10 Å². The van der Waals surface area contributed by atoms with E-state index in [9.17, 15) is 4.79 Å². The van der Waals surface area contributed by atoms with E-state index in [2.05, 4.69) is 5.10 Å². The van der Waals surface area contributed by atoms with Gasteiger partial charge in [0.05, 0.1) is 11.3 Å². The van der Waals surface area contributed by atoms with Crippen LogP contribution in [0.15, 0.2) is 16.5 Å². The zero-order valence-electron chi connectivity index (χ0n) is 9.31. The summed E-state index contributed by atoms with van der Waals surface area (Å²) in [6.45, 7) is 3.78. The smallest absolute Gasteiger partial charge is 0.371 e. The minimum absolute atomic E-state index is 0.0577. The van der Waals surface area contributed by atoms with Crippen LogP contribution in [0.4, 0.5) is 0 Å². The Hall–Kier alpha value is -2.04. The Kier molecular flexibility index (Phi) is 2.30. The van der Waals surface area contributed by atoms with Gasteiger partial charge in [0.2, 0.25) is 5.76 Å². The Morgan fingerprint density at radius 2 is 2.12 bits per heavy atom. The van der Waals surface area contributed by atoms with Gasteiger partial charge in [0, 0.05) is 12.7 Å². The molecule has 0 aliphatic rings. The Balaban J connectivity index is 2.54. The van der Waals surface area contributed by atoms with E-state index in [-0.39, 0.29) is 5.76 Å². The van der Waals surface area contributed by atoms with Crippen molar-refractivity contribution in [1.82, 2.24) is 9.78 Å². The monoisotopic (exact) mass is 220 g/mol. The molecule has 0 radical (unpaired) electrons. The van der Waals surface area contributed by atoms with E-state index in [0.717, 1.165) is 17.0 Å². The number of aromatic carboxylic acids is 1. The van der Waals surface area contributed by atoms with E-state index < -0.39 is 5.97 Å². The Bertz CT molecular complexity index is 552. The number of furan rings is 1. The third-order valence-electron chi connectivity index (χ3n) is 2.57. The molecule has 2 aromatic rings. The van der Waals surface area contributed by atoms with Crippen molar-refractivity contribution in [3.8, 4) is 11.3 Å². The molecule has 1 N–H and O–H groups in total. The average Bonchev–Trinajstić information content (AvgIpc) is 2.74. The number of carboxylic acid groups (broad SMARTS) is 1. The zero-order chi connectivity index (χ0) is 11.9. The van der Waals surface area contributed by atoms with Gasteiger partial charge in [-0.25, -0.2) is 4.79 Å². The van der Waals surface area contributed by atoms with Crippen LogP contribution in [0.3, 0.4) is 0 Å². The molecule has 0 aliphatic carbocycles. The number of aryl methyl sites for hydroxylation is 2. The molecule has 2 rings (SSSR count). The first-order valence-electron chi connectivity index (χ1n) is 4.84. The summed E-state index contributed by atoms with van der Waals surface area (Å²) < 4.78 is 7.00. The highest BCUT2D eigenvalue weighted by atomic mass is 16.4. The number of hydrogen-bond acceptors (Lipinski definition) is 3. The van der Waals surface area contributed by atoms with Crippen LogP contribution in [0, 0.1) is 13.8 Å². The SMILES string of the molecule is Cc1nn(C)c(C)c1-c1ccc(C(=O)O)o1. The molecule has 0 spiro atoms. The molecule has 0 aliphatic heterocycles. The number of carboxylic acids is 1. The highest BCUT2D eigenvalue weighted by Gasteiger charge is 2.17. The van der Waals surface area contributed by atoms with E-state index >= 15 is 0 Å². The lowest BCUT2D eigenvalue weighted by atomic mass is 10.1. The zero-order valence-corrected chi connectivity index (χ0v) is 9.31. The fourth-order valence-corrected chi connectivity index (χ4v) is 1.72. The molecule has 84 valence electrons. The van der Waals surface area contributed by atoms with Gasteiger partial charge in [-0.15, -0.1) is 0 Å². The molecular formula is C11H12N2O3. The summed E-state index contributed by atoms with van der Waals surface area (Å²) in [5.41, 5.74) is 2.63. The molecule has 0 amide bonds. The predicted molar refractivity (Wildman–Crippen MR) is 57.3 cm³/mol. The Morgan fingerprint density at radius 1 is 1.44 bits per heavy atom. The predicted octanol–water partition coefficient (Wildman–Crippen LogP) is 2.00. The molecule has 2 heterocycles. The largest absolute Gasteiger partial charge is 0.475 e. The fraction of sp³-hybridized carbons (Fsp3) is 0.273. The third kappa shape index (κ3) is 1.50. The number of nitrogens with zero attached hydrogens (tertiary/aromatic N) is 2. The molecule has 0 saturated heterocycles. The number of hydrogen-bond donors (Lipinski definition) is 1. The van der Waals surface area contributed by atoms with Crippen LogP contribution in [0.2, 0.25) is 0 Å². The van der Waals surface area contributed by atoms with E-state index in [1.54, 1.807) is 10.7 Å². The summed E-state index contributed by atoms with van der Waals surface area (Å²) in [5.74, 6) is -0.580. The van der Waals surface area contributed by atoms with Crippen LogP contribution < -0.4 is 0 Å². The first kappa shape index (κ1) is 10.5. The van der Waals surface area contributed by atoms with E-state index in [1.807, 2.05) is 20.9 Å². The van der Waals surface area contributed by atoms with E-state index in [0.29, 0.717) is 5.76 Å². The van der Waals surface area contributed by atoms with Crippen molar-refractivity contribution in [3.05, 3.63) is 29.3 Å². The highest BCUT2D eigenvalue weighted by molar-refractivity contribution is 5.85. The molecule has 0 bridgehead atoms. The summed E-state index contributed by atoms with van der Waals surface area (Å²) in [6, 6.07) is 3.10. The standard InChI is InChI=1S/C11H12N2O3/c1-6-10(7(2)13(3)12-6)8-4-5-9(16-8)11(14)15/h4-5H,1-3H3,(H,14,15). The topological polar surface area (TPSA) is 68.3 Å². The summed E-state index contributed by atoms with van der Waals surface area (Å²) in [6.07, 6.45) is 0. The second-order valence-electron chi connectivity index (χ2n) is 3.64. The summed E-state index contributed by atoms with van der Waals surface area (Å²) >= 11 is 0. The normalized spacial score (nSPS) is 10.7. The van der Waals surface area contributed by atoms with Crippen molar-refractivity contribution in [2.75, 3.05) is 0 Å². The number of rotatable bonds is 2. The van der Waals surface area contributed by atoms with Crippen LogP contribution in [-0.4, -0.2) is 20.9 Å². The molecule has 0 saturated carbocycles. The maximum absolute atomic E-state index is 10.7. The van der Waals surface area contributed by atoms with Crippen molar-refractivity contribution in [3.63, 3.8) is 0 Å². The van der Waals surface area contributed by atoms with Crippen molar-refractivity contribution in [2.45, 2.75) is 13.8 Å². The van der Waals surface area contributed by atoms with Crippen molar-refractivity contribution in [2.24, 2.45) is 7.05 Å². The summed E-state index contributed by atoms with van der Waals surface area (Å²) in [7, 11) is 1.84. The molecule has 0 unspecified atom stereocenters. The molecule has 0 fully saturated rings. The molecule has 0 aromatic carbocycles. The van der Waals surface area contributed by atoms with Crippen molar-refractivity contribution < 1.29 is 14.3 Å². The Labute approximate surface area is 92.3 Å².